The number of nitrogens with one attached hydrogen (secondary N) is 1. The maximum atomic E-state index is 12.0. The van der Waals surface area contributed by atoms with Gasteiger partial charge in [-0.1, -0.05) is 13.3 Å². The lowest BCUT2D eigenvalue weighted by molar-refractivity contribution is 0.0925. The number of nitrogens with two attached hydrogens (primary N) is 1. The molecule has 1 amide bonds. The number of hydrogen-bond acceptors (Lipinski definition) is 4. The van der Waals surface area contributed by atoms with Gasteiger partial charge in [-0.15, -0.1) is 11.3 Å². The molecule has 0 aliphatic heterocycles. The number of nitrogens with zero attached hydrogens (tertiary/aromatic N) is 1. The summed E-state index contributed by atoms with van der Waals surface area (Å²) < 4.78 is 0. The van der Waals surface area contributed by atoms with E-state index < -0.39 is 0 Å². The van der Waals surface area contributed by atoms with E-state index in [1.54, 1.807) is 5.38 Å². The average molecular weight is 253 g/mol. The molecule has 1 aromatic rings. The van der Waals surface area contributed by atoms with Crippen LogP contribution in [0.25, 0.3) is 0 Å². The molecule has 0 radical (unpaired) electrons. The standard InChI is InChI=1S/C12H19N3OS/c1-7-4-3-5-9(7)14-11(16)10-6-17-12(15-10)8(2)13/h6-9H,3-5,13H2,1-2H3,(H,14,16). The quantitative estimate of drug-likeness (QED) is 0.866. The molecule has 1 aliphatic carbocycles. The summed E-state index contributed by atoms with van der Waals surface area (Å²) in [5.41, 5.74) is 6.23. The van der Waals surface area contributed by atoms with E-state index in [1.807, 2.05) is 6.92 Å². The Morgan fingerprint density at radius 1 is 1.65 bits per heavy atom. The zero-order valence-corrected chi connectivity index (χ0v) is 11.1. The number of hydrogen-bond donors (Lipinski definition) is 2. The van der Waals surface area contributed by atoms with Crippen LogP contribution < -0.4 is 11.1 Å². The molecule has 1 aliphatic rings. The number of thiazole rings is 1. The molecule has 0 bridgehead atoms. The smallest absolute Gasteiger partial charge is 0.270 e. The third-order valence-electron chi connectivity index (χ3n) is 3.32. The first kappa shape index (κ1) is 12.5. The van der Waals surface area contributed by atoms with Gasteiger partial charge >= 0.3 is 0 Å². The molecule has 17 heavy (non-hydrogen) atoms. The molecule has 1 aromatic heterocycles. The van der Waals surface area contributed by atoms with Gasteiger partial charge in [-0.05, 0) is 25.7 Å². The van der Waals surface area contributed by atoms with Crippen molar-refractivity contribution in [2.24, 2.45) is 11.7 Å². The van der Waals surface area contributed by atoms with Crippen LogP contribution in [0.15, 0.2) is 5.38 Å². The van der Waals surface area contributed by atoms with Gasteiger partial charge in [0, 0.05) is 11.4 Å². The van der Waals surface area contributed by atoms with Crippen molar-refractivity contribution in [3.05, 3.63) is 16.1 Å². The number of carbonyl (C=O) groups is 1. The topological polar surface area (TPSA) is 68.0 Å². The molecule has 3 N–H and O–H groups in total. The summed E-state index contributed by atoms with van der Waals surface area (Å²) >= 11 is 1.45. The van der Waals surface area contributed by atoms with E-state index in [4.69, 9.17) is 5.73 Å². The Bertz CT molecular complexity index is 402. The van der Waals surface area contributed by atoms with Gasteiger partial charge in [0.25, 0.3) is 5.91 Å². The summed E-state index contributed by atoms with van der Waals surface area (Å²) in [7, 11) is 0. The van der Waals surface area contributed by atoms with Crippen LogP contribution >= 0.6 is 11.3 Å². The van der Waals surface area contributed by atoms with Crippen LogP contribution in [-0.2, 0) is 0 Å². The van der Waals surface area contributed by atoms with Gasteiger partial charge in [-0.2, -0.15) is 0 Å². The molecule has 5 heteroatoms. The number of carbonyl (C=O) groups excluding carboxylic acids is 1. The van der Waals surface area contributed by atoms with Crippen molar-refractivity contribution in [3.8, 4) is 0 Å². The van der Waals surface area contributed by atoms with Gasteiger partial charge in [0.05, 0.1) is 6.04 Å². The van der Waals surface area contributed by atoms with Crippen LogP contribution in [0, 0.1) is 5.92 Å². The van der Waals surface area contributed by atoms with Gasteiger partial charge in [-0.25, -0.2) is 4.98 Å². The number of amides is 1. The second-order valence-electron chi connectivity index (χ2n) is 4.85. The summed E-state index contributed by atoms with van der Waals surface area (Å²) in [6.07, 6.45) is 3.48. The van der Waals surface area contributed by atoms with Crippen LogP contribution in [-0.4, -0.2) is 16.9 Å². The molecule has 4 nitrogen and oxygen atoms in total. The van der Waals surface area contributed by atoms with Gasteiger partial charge in [0.2, 0.25) is 0 Å². The van der Waals surface area contributed by atoms with E-state index in [2.05, 4.69) is 17.2 Å². The van der Waals surface area contributed by atoms with Crippen molar-refractivity contribution in [1.82, 2.24) is 10.3 Å². The first-order chi connectivity index (χ1) is 8.08. The average Bonchev–Trinajstić information content (AvgIpc) is 2.88. The fraction of sp³-hybridized carbons (Fsp3) is 0.667. The lowest BCUT2D eigenvalue weighted by Crippen LogP contribution is -2.36. The van der Waals surface area contributed by atoms with E-state index in [1.165, 1.54) is 24.2 Å². The Kier molecular flexibility index (Phi) is 3.79. The third kappa shape index (κ3) is 2.84. The maximum absolute atomic E-state index is 12.0. The fourth-order valence-corrected chi connectivity index (χ4v) is 2.96. The molecule has 1 heterocycles. The Morgan fingerprint density at radius 2 is 2.41 bits per heavy atom. The lowest BCUT2D eigenvalue weighted by atomic mass is 10.1. The summed E-state index contributed by atoms with van der Waals surface area (Å²) in [4.78, 5) is 16.2. The molecular weight excluding hydrogens is 234 g/mol. The van der Waals surface area contributed by atoms with E-state index in [9.17, 15) is 4.79 Å². The minimum atomic E-state index is -0.105. The normalized spacial score (nSPS) is 25.8. The minimum absolute atomic E-state index is 0.0631. The largest absolute Gasteiger partial charge is 0.348 e. The van der Waals surface area contributed by atoms with Crippen molar-refractivity contribution in [2.75, 3.05) is 0 Å². The third-order valence-corrected chi connectivity index (χ3v) is 4.37. The summed E-state index contributed by atoms with van der Waals surface area (Å²) in [6, 6.07) is 0.204. The van der Waals surface area contributed by atoms with Crippen molar-refractivity contribution in [3.63, 3.8) is 0 Å². The number of aromatic nitrogens is 1. The zero-order valence-electron chi connectivity index (χ0n) is 10.3. The first-order valence-corrected chi connectivity index (χ1v) is 6.97. The van der Waals surface area contributed by atoms with Crippen LogP contribution in [0.5, 0.6) is 0 Å². The predicted octanol–water partition coefficient (Wildman–Crippen LogP) is 2.08. The lowest BCUT2D eigenvalue weighted by Gasteiger charge is -2.16. The molecule has 0 saturated heterocycles. The molecule has 3 unspecified atom stereocenters. The van der Waals surface area contributed by atoms with Crippen molar-refractivity contribution < 1.29 is 4.79 Å². The maximum Gasteiger partial charge on any atom is 0.270 e. The minimum Gasteiger partial charge on any atom is -0.348 e. The summed E-state index contributed by atoms with van der Waals surface area (Å²) in [5, 5.41) is 5.66. The van der Waals surface area contributed by atoms with Crippen LogP contribution in [0.4, 0.5) is 0 Å². The molecule has 94 valence electrons. The highest BCUT2D eigenvalue weighted by atomic mass is 32.1. The SMILES string of the molecule is CC(N)c1nc(C(=O)NC2CCCC2C)cs1. The molecular formula is C12H19N3OS. The van der Waals surface area contributed by atoms with Gasteiger partial charge < -0.3 is 11.1 Å². The highest BCUT2D eigenvalue weighted by Crippen LogP contribution is 2.25. The summed E-state index contributed by atoms with van der Waals surface area (Å²) in [6.45, 7) is 4.06. The molecule has 2 rings (SSSR count). The number of rotatable bonds is 3. The van der Waals surface area contributed by atoms with Crippen molar-refractivity contribution >= 4 is 17.2 Å². The molecule has 0 aromatic carbocycles. The van der Waals surface area contributed by atoms with Crippen molar-refractivity contribution in [1.29, 1.82) is 0 Å². The van der Waals surface area contributed by atoms with Gasteiger partial charge in [0.1, 0.15) is 10.7 Å². The molecule has 3 atom stereocenters. The Hall–Kier alpha value is -0.940. The van der Waals surface area contributed by atoms with Gasteiger partial charge in [-0.3, -0.25) is 4.79 Å². The Labute approximate surface area is 106 Å². The first-order valence-electron chi connectivity index (χ1n) is 6.10. The van der Waals surface area contributed by atoms with E-state index >= 15 is 0 Å². The second kappa shape index (κ2) is 5.14. The van der Waals surface area contributed by atoms with Crippen LogP contribution in [0.2, 0.25) is 0 Å². The second-order valence-corrected chi connectivity index (χ2v) is 5.74. The summed E-state index contributed by atoms with van der Waals surface area (Å²) in [5.74, 6) is 0.511. The Morgan fingerprint density at radius 3 is 2.94 bits per heavy atom. The molecule has 1 saturated carbocycles. The Balaban J connectivity index is 1.99. The fourth-order valence-electron chi connectivity index (χ4n) is 2.20. The van der Waals surface area contributed by atoms with Crippen molar-refractivity contribution in [2.45, 2.75) is 45.2 Å². The predicted molar refractivity (Wildman–Crippen MR) is 69.0 cm³/mol. The van der Waals surface area contributed by atoms with Crippen LogP contribution in [0.3, 0.4) is 0 Å². The zero-order chi connectivity index (χ0) is 12.4. The van der Waals surface area contributed by atoms with E-state index in [-0.39, 0.29) is 11.9 Å². The molecule has 1 fully saturated rings. The van der Waals surface area contributed by atoms with Gasteiger partial charge in [0.15, 0.2) is 0 Å². The molecule has 0 spiro atoms. The monoisotopic (exact) mass is 253 g/mol. The van der Waals surface area contributed by atoms with E-state index in [0.717, 1.165) is 11.4 Å². The highest BCUT2D eigenvalue weighted by molar-refractivity contribution is 7.09. The van der Waals surface area contributed by atoms with E-state index in [0.29, 0.717) is 17.7 Å². The van der Waals surface area contributed by atoms with Crippen LogP contribution in [0.1, 0.15) is 54.6 Å². The highest BCUT2D eigenvalue weighted by Gasteiger charge is 2.25.